The molecule has 0 aromatic heterocycles. The quantitative estimate of drug-likeness (QED) is 0.533. The molecule has 0 aromatic rings. The van der Waals surface area contributed by atoms with Crippen LogP contribution in [-0.4, -0.2) is 0 Å². The second kappa shape index (κ2) is 2.55. The van der Waals surface area contributed by atoms with Crippen LogP contribution in [0.25, 0.3) is 0 Å². The van der Waals surface area contributed by atoms with Gasteiger partial charge in [-0.3, -0.25) is 0 Å². The van der Waals surface area contributed by atoms with Crippen molar-refractivity contribution in [1.82, 2.24) is 0 Å². The summed E-state index contributed by atoms with van der Waals surface area (Å²) in [5.74, 6) is 3.31. The Balaban J connectivity index is 1.94. The van der Waals surface area contributed by atoms with Crippen molar-refractivity contribution in [2.75, 3.05) is 0 Å². The normalized spacial score (nSPS) is 60.4. The van der Waals surface area contributed by atoms with Crippen molar-refractivity contribution in [2.45, 2.75) is 26.7 Å². The van der Waals surface area contributed by atoms with Gasteiger partial charge in [-0.05, 0) is 36.5 Å². The first-order valence-electron chi connectivity index (χ1n) is 6.75. The molecule has 0 aliphatic heterocycles. The first kappa shape index (κ1) is 9.27. The summed E-state index contributed by atoms with van der Waals surface area (Å²) in [5.41, 5.74) is 1.01. The molecule has 1 saturated carbocycles. The van der Waals surface area contributed by atoms with Crippen LogP contribution in [0.4, 0.5) is 0 Å². The monoisotopic (exact) mass is 212 g/mol. The van der Waals surface area contributed by atoms with Crippen LogP contribution in [0.3, 0.4) is 0 Å². The first-order chi connectivity index (χ1) is 7.71. The van der Waals surface area contributed by atoms with Gasteiger partial charge in [-0.25, -0.2) is 0 Å². The lowest BCUT2D eigenvalue weighted by atomic mass is 9.33. The van der Waals surface area contributed by atoms with Gasteiger partial charge < -0.3 is 0 Å². The zero-order valence-corrected chi connectivity index (χ0v) is 10.2. The topological polar surface area (TPSA) is 0 Å². The van der Waals surface area contributed by atoms with Crippen molar-refractivity contribution < 1.29 is 0 Å². The van der Waals surface area contributed by atoms with Crippen molar-refractivity contribution >= 4 is 0 Å². The second-order valence-corrected chi connectivity index (χ2v) is 6.45. The van der Waals surface area contributed by atoms with E-state index >= 15 is 0 Å². The molecule has 0 spiro atoms. The summed E-state index contributed by atoms with van der Waals surface area (Å²) >= 11 is 0. The number of allylic oxidation sites excluding steroid dienone is 6. The van der Waals surface area contributed by atoms with Gasteiger partial charge in [0.2, 0.25) is 0 Å². The van der Waals surface area contributed by atoms with Gasteiger partial charge in [0.1, 0.15) is 0 Å². The number of hydrogen-bond acceptors (Lipinski definition) is 0. The van der Waals surface area contributed by atoms with E-state index in [0.717, 1.165) is 23.7 Å². The van der Waals surface area contributed by atoms with Crippen LogP contribution in [0.15, 0.2) is 36.5 Å². The Bertz CT molecular complexity index is 387. The maximum atomic E-state index is 2.54. The molecule has 0 radical (unpaired) electrons. The fraction of sp³-hybridized carbons (Fsp3) is 0.625. The van der Waals surface area contributed by atoms with Gasteiger partial charge in [0.15, 0.2) is 0 Å². The molecule has 0 unspecified atom stereocenters. The van der Waals surface area contributed by atoms with E-state index < -0.39 is 0 Å². The molecule has 5 aliphatic rings. The van der Waals surface area contributed by atoms with Crippen molar-refractivity contribution in [3.05, 3.63) is 36.5 Å². The van der Waals surface area contributed by atoms with Crippen LogP contribution >= 0.6 is 0 Å². The Morgan fingerprint density at radius 1 is 0.812 bits per heavy atom. The third kappa shape index (κ3) is 0.697. The maximum Gasteiger partial charge on any atom is 0.00813 e. The van der Waals surface area contributed by atoms with Crippen molar-refractivity contribution in [3.8, 4) is 0 Å². The number of rotatable bonds is 0. The highest BCUT2D eigenvalue weighted by Gasteiger charge is 2.67. The minimum absolute atomic E-state index is 0.507. The summed E-state index contributed by atoms with van der Waals surface area (Å²) in [5, 5.41) is 0. The highest BCUT2D eigenvalue weighted by Crippen LogP contribution is 2.73. The van der Waals surface area contributed by atoms with Gasteiger partial charge in [0.05, 0.1) is 0 Å². The molecule has 84 valence electrons. The first-order valence-corrected chi connectivity index (χ1v) is 6.75. The van der Waals surface area contributed by atoms with E-state index in [1.807, 2.05) is 0 Å². The number of fused-ring (bicyclic) bond motifs is 1. The fourth-order valence-corrected chi connectivity index (χ4v) is 5.22. The molecule has 0 aromatic carbocycles. The van der Waals surface area contributed by atoms with Gasteiger partial charge >= 0.3 is 0 Å². The van der Waals surface area contributed by atoms with E-state index in [0.29, 0.717) is 10.8 Å². The molecule has 5 aliphatic carbocycles. The standard InChI is InChI=1S/C16H20/c1-11-12(2)14-6-5-13(11)15-7-3-4-8-16(14,15)10-9-15/h3-6,9-14H,7-8H2,1-2H3/t11-,12+,13-,14-,15-,16+/m0/s1. The molecule has 6 atom stereocenters. The molecule has 16 heavy (non-hydrogen) atoms. The molecule has 0 saturated heterocycles. The molecule has 0 nitrogen and oxygen atoms in total. The predicted molar refractivity (Wildman–Crippen MR) is 66.8 cm³/mol. The Kier molecular flexibility index (Phi) is 1.48. The van der Waals surface area contributed by atoms with Crippen molar-refractivity contribution in [3.63, 3.8) is 0 Å². The third-order valence-electron chi connectivity index (χ3n) is 6.30. The Morgan fingerprint density at radius 2 is 1.25 bits per heavy atom. The van der Waals surface area contributed by atoms with E-state index in [1.54, 1.807) is 0 Å². The van der Waals surface area contributed by atoms with Crippen LogP contribution in [0.5, 0.6) is 0 Å². The lowest BCUT2D eigenvalue weighted by Crippen LogP contribution is -2.64. The molecule has 0 N–H and O–H groups in total. The average molecular weight is 212 g/mol. The summed E-state index contributed by atoms with van der Waals surface area (Å²) in [7, 11) is 0. The van der Waals surface area contributed by atoms with Crippen LogP contribution in [0.2, 0.25) is 0 Å². The van der Waals surface area contributed by atoms with Crippen LogP contribution in [-0.2, 0) is 0 Å². The van der Waals surface area contributed by atoms with Gasteiger partial charge in [-0.2, -0.15) is 0 Å². The molecule has 5 rings (SSSR count). The molecule has 0 amide bonds. The summed E-state index contributed by atoms with van der Waals surface area (Å²) in [6.07, 6.45) is 17.6. The molecule has 1 fully saturated rings. The molecule has 2 bridgehead atoms. The van der Waals surface area contributed by atoms with E-state index in [2.05, 4.69) is 50.3 Å². The maximum absolute atomic E-state index is 2.54. The minimum atomic E-state index is 0.507. The van der Waals surface area contributed by atoms with Crippen molar-refractivity contribution in [2.24, 2.45) is 34.5 Å². The van der Waals surface area contributed by atoms with Crippen molar-refractivity contribution in [1.29, 1.82) is 0 Å². The van der Waals surface area contributed by atoms with Gasteiger partial charge in [-0.15, -0.1) is 0 Å². The Labute approximate surface area is 98.1 Å². The SMILES string of the molecule is C[C@@H]1[C@H](C)[C@@H]2C=C[C@@H]1[C@@]13C=C[C@@]21CC=CC3. The summed E-state index contributed by atoms with van der Waals surface area (Å²) in [6, 6.07) is 0. The highest BCUT2D eigenvalue weighted by atomic mass is 14.7. The summed E-state index contributed by atoms with van der Waals surface area (Å²) < 4.78 is 0. The molecule has 0 heterocycles. The van der Waals surface area contributed by atoms with E-state index in [9.17, 15) is 0 Å². The predicted octanol–water partition coefficient (Wildman–Crippen LogP) is 3.97. The minimum Gasteiger partial charge on any atom is -0.0876 e. The van der Waals surface area contributed by atoms with E-state index in [1.165, 1.54) is 12.8 Å². The van der Waals surface area contributed by atoms with Crippen LogP contribution in [0, 0.1) is 34.5 Å². The Morgan fingerprint density at radius 3 is 1.62 bits per heavy atom. The molecular weight excluding hydrogens is 192 g/mol. The van der Waals surface area contributed by atoms with Crippen LogP contribution < -0.4 is 0 Å². The fourth-order valence-electron chi connectivity index (χ4n) is 5.22. The van der Waals surface area contributed by atoms with Crippen LogP contribution in [0.1, 0.15) is 26.7 Å². The van der Waals surface area contributed by atoms with E-state index in [-0.39, 0.29) is 0 Å². The second-order valence-electron chi connectivity index (χ2n) is 6.45. The lowest BCUT2D eigenvalue weighted by molar-refractivity contribution is -0.103. The van der Waals surface area contributed by atoms with E-state index in [4.69, 9.17) is 0 Å². The van der Waals surface area contributed by atoms with Gasteiger partial charge in [0.25, 0.3) is 0 Å². The lowest BCUT2D eigenvalue weighted by Gasteiger charge is -2.70. The molecule has 0 heteroatoms. The smallest absolute Gasteiger partial charge is 0.00813 e. The third-order valence-corrected chi connectivity index (χ3v) is 6.30. The average Bonchev–Trinajstić information content (AvgIpc) is 2.27. The zero-order chi connectivity index (χ0) is 11.0. The number of hydrogen-bond donors (Lipinski definition) is 0. The zero-order valence-electron chi connectivity index (χ0n) is 10.2. The van der Waals surface area contributed by atoms with Gasteiger partial charge in [-0.1, -0.05) is 50.3 Å². The largest absolute Gasteiger partial charge is 0.0876 e. The Hall–Kier alpha value is -0.780. The molecular formula is C16H20. The highest BCUT2D eigenvalue weighted by molar-refractivity contribution is 5.42. The van der Waals surface area contributed by atoms with Gasteiger partial charge in [0, 0.05) is 10.8 Å². The summed E-state index contributed by atoms with van der Waals surface area (Å²) in [6.45, 7) is 4.93. The summed E-state index contributed by atoms with van der Waals surface area (Å²) in [4.78, 5) is 0.